The van der Waals surface area contributed by atoms with Crippen molar-refractivity contribution in [3.8, 4) is 11.4 Å². The first-order valence-electron chi connectivity index (χ1n) is 4.86. The average molecular weight is 222 g/mol. The number of rotatable bonds is 2. The summed E-state index contributed by atoms with van der Waals surface area (Å²) in [5.41, 5.74) is 1.03. The number of hydrogen-bond acceptors (Lipinski definition) is 2. The quantitative estimate of drug-likeness (QED) is 0.780. The minimum absolute atomic E-state index is 0.253. The Morgan fingerprint density at radius 1 is 1.13 bits per heavy atom. The van der Waals surface area contributed by atoms with Crippen molar-refractivity contribution in [2.75, 3.05) is 0 Å². The van der Waals surface area contributed by atoms with Gasteiger partial charge in [0.15, 0.2) is 5.82 Å². The van der Waals surface area contributed by atoms with Crippen LogP contribution >= 0.6 is 11.6 Å². The fourth-order valence-corrected chi connectivity index (χ4v) is 1.83. The Labute approximate surface area is 93.7 Å². The van der Waals surface area contributed by atoms with Gasteiger partial charge in [-0.15, -0.1) is 10.2 Å². The zero-order valence-corrected chi connectivity index (χ0v) is 9.44. The number of hydrogen-bond donors (Lipinski definition) is 0. The number of aromatic nitrogens is 3. The fraction of sp³-hybridized carbons (Fsp3) is 0.273. The summed E-state index contributed by atoms with van der Waals surface area (Å²) in [7, 11) is 0. The van der Waals surface area contributed by atoms with Crippen molar-refractivity contribution in [2.45, 2.75) is 19.9 Å². The Kier molecular flexibility index (Phi) is 2.73. The van der Waals surface area contributed by atoms with Crippen LogP contribution < -0.4 is 0 Å². The first-order chi connectivity index (χ1) is 7.20. The third-order valence-corrected chi connectivity index (χ3v) is 2.46. The minimum Gasteiger partial charge on any atom is -0.295 e. The second-order valence-corrected chi connectivity index (χ2v) is 3.96. The van der Waals surface area contributed by atoms with Crippen LogP contribution in [-0.2, 0) is 0 Å². The normalized spacial score (nSPS) is 10.9. The minimum atomic E-state index is 0.253. The van der Waals surface area contributed by atoms with Gasteiger partial charge in [-0.05, 0) is 25.4 Å². The zero-order valence-electron chi connectivity index (χ0n) is 8.68. The maximum atomic E-state index is 5.98. The molecule has 0 aliphatic heterocycles. The lowest BCUT2D eigenvalue weighted by Gasteiger charge is -2.10. The lowest BCUT2D eigenvalue weighted by Crippen LogP contribution is -2.03. The van der Waals surface area contributed by atoms with Crippen molar-refractivity contribution in [3.05, 3.63) is 35.6 Å². The van der Waals surface area contributed by atoms with Crippen LogP contribution in [-0.4, -0.2) is 14.8 Å². The van der Waals surface area contributed by atoms with E-state index in [1.807, 2.05) is 34.9 Å². The Bertz CT molecular complexity index is 448. The van der Waals surface area contributed by atoms with Gasteiger partial charge in [0.25, 0.3) is 0 Å². The Morgan fingerprint density at radius 2 is 1.80 bits per heavy atom. The van der Waals surface area contributed by atoms with Gasteiger partial charge in [-0.2, -0.15) is 0 Å². The van der Waals surface area contributed by atoms with E-state index in [1.165, 1.54) is 0 Å². The third kappa shape index (κ3) is 1.88. The highest BCUT2D eigenvalue weighted by molar-refractivity contribution is 6.28. The molecule has 0 unspecified atom stereocenters. The van der Waals surface area contributed by atoms with E-state index in [0.29, 0.717) is 5.28 Å². The van der Waals surface area contributed by atoms with Crippen LogP contribution in [0.2, 0.25) is 5.28 Å². The predicted molar refractivity (Wildman–Crippen MR) is 60.9 cm³/mol. The molecule has 0 spiro atoms. The maximum absolute atomic E-state index is 5.98. The highest BCUT2D eigenvalue weighted by Gasteiger charge is 2.13. The van der Waals surface area contributed by atoms with Crippen molar-refractivity contribution < 1.29 is 0 Å². The van der Waals surface area contributed by atoms with E-state index in [9.17, 15) is 0 Å². The van der Waals surface area contributed by atoms with Crippen LogP contribution in [0.1, 0.15) is 19.9 Å². The predicted octanol–water partition coefficient (Wildman–Crippen LogP) is 3.18. The summed E-state index contributed by atoms with van der Waals surface area (Å²) in [5.74, 6) is 0.815. The van der Waals surface area contributed by atoms with Gasteiger partial charge in [0.05, 0.1) is 0 Å². The molecule has 15 heavy (non-hydrogen) atoms. The molecule has 0 saturated heterocycles. The molecule has 0 atom stereocenters. The van der Waals surface area contributed by atoms with Gasteiger partial charge < -0.3 is 0 Å². The zero-order chi connectivity index (χ0) is 10.8. The van der Waals surface area contributed by atoms with Gasteiger partial charge in [0.1, 0.15) is 0 Å². The second kappa shape index (κ2) is 4.03. The summed E-state index contributed by atoms with van der Waals surface area (Å²) in [6.07, 6.45) is 0. The highest BCUT2D eigenvalue weighted by Crippen LogP contribution is 2.24. The fourth-order valence-electron chi connectivity index (χ4n) is 1.51. The summed E-state index contributed by atoms with van der Waals surface area (Å²) in [6, 6.07) is 10.2. The molecule has 3 nitrogen and oxygen atoms in total. The largest absolute Gasteiger partial charge is 0.295 e. The highest BCUT2D eigenvalue weighted by atomic mass is 35.5. The molecule has 4 heteroatoms. The van der Waals surface area contributed by atoms with Crippen molar-refractivity contribution in [2.24, 2.45) is 0 Å². The van der Waals surface area contributed by atoms with E-state index in [-0.39, 0.29) is 6.04 Å². The van der Waals surface area contributed by atoms with Gasteiger partial charge >= 0.3 is 0 Å². The molecule has 0 amide bonds. The van der Waals surface area contributed by atoms with Gasteiger partial charge in [-0.25, -0.2) is 0 Å². The SMILES string of the molecule is CC(C)n1c(Cl)nnc1-c1ccccc1. The molecule has 0 N–H and O–H groups in total. The number of nitrogens with zero attached hydrogens (tertiary/aromatic N) is 3. The van der Waals surface area contributed by atoms with Gasteiger partial charge in [-0.1, -0.05) is 30.3 Å². The molecule has 0 aliphatic carbocycles. The lowest BCUT2D eigenvalue weighted by atomic mass is 10.2. The van der Waals surface area contributed by atoms with Gasteiger partial charge in [0.2, 0.25) is 5.28 Å². The van der Waals surface area contributed by atoms with Crippen molar-refractivity contribution in [3.63, 3.8) is 0 Å². The summed E-state index contributed by atoms with van der Waals surface area (Å²) >= 11 is 5.98. The molecule has 0 fully saturated rings. The summed E-state index contributed by atoms with van der Waals surface area (Å²) in [5, 5.41) is 8.41. The van der Waals surface area contributed by atoms with E-state index in [1.54, 1.807) is 0 Å². The van der Waals surface area contributed by atoms with E-state index in [0.717, 1.165) is 11.4 Å². The molecule has 0 radical (unpaired) electrons. The molecule has 1 heterocycles. The van der Waals surface area contributed by atoms with Crippen LogP contribution in [0.5, 0.6) is 0 Å². The maximum Gasteiger partial charge on any atom is 0.225 e. The summed E-state index contributed by atoms with van der Waals surface area (Å²) < 4.78 is 1.91. The Hall–Kier alpha value is -1.35. The molecule has 1 aromatic carbocycles. The standard InChI is InChI=1S/C11H12ClN3/c1-8(2)15-10(13-14-11(15)12)9-6-4-3-5-7-9/h3-8H,1-2H3. The van der Waals surface area contributed by atoms with Crippen molar-refractivity contribution in [1.29, 1.82) is 0 Å². The summed E-state index contributed by atoms with van der Waals surface area (Å²) in [6.45, 7) is 4.11. The first-order valence-corrected chi connectivity index (χ1v) is 5.23. The molecule has 2 aromatic rings. The Morgan fingerprint density at radius 3 is 2.40 bits per heavy atom. The third-order valence-electron chi connectivity index (χ3n) is 2.20. The lowest BCUT2D eigenvalue weighted by molar-refractivity contribution is 0.605. The van der Waals surface area contributed by atoms with E-state index >= 15 is 0 Å². The van der Waals surface area contributed by atoms with Gasteiger partial charge in [-0.3, -0.25) is 4.57 Å². The van der Waals surface area contributed by atoms with Crippen LogP contribution in [0.15, 0.2) is 30.3 Å². The van der Waals surface area contributed by atoms with Crippen LogP contribution in [0, 0.1) is 0 Å². The number of halogens is 1. The first kappa shape index (κ1) is 10.2. The molecule has 2 rings (SSSR count). The average Bonchev–Trinajstić information content (AvgIpc) is 2.61. The molecular weight excluding hydrogens is 210 g/mol. The molecule has 0 bridgehead atoms. The molecule has 0 saturated carbocycles. The van der Waals surface area contributed by atoms with E-state index < -0.39 is 0 Å². The van der Waals surface area contributed by atoms with Gasteiger partial charge in [0, 0.05) is 11.6 Å². The smallest absolute Gasteiger partial charge is 0.225 e. The van der Waals surface area contributed by atoms with Crippen LogP contribution in [0.3, 0.4) is 0 Å². The molecule has 78 valence electrons. The number of benzene rings is 1. The van der Waals surface area contributed by atoms with E-state index in [2.05, 4.69) is 24.0 Å². The monoisotopic (exact) mass is 221 g/mol. The molecule has 1 aromatic heterocycles. The van der Waals surface area contributed by atoms with Crippen molar-refractivity contribution in [1.82, 2.24) is 14.8 Å². The second-order valence-electron chi connectivity index (χ2n) is 3.62. The summed E-state index contributed by atoms with van der Waals surface area (Å²) in [4.78, 5) is 0. The molecular formula is C11H12ClN3. The molecule has 0 aliphatic rings. The van der Waals surface area contributed by atoms with Crippen LogP contribution in [0.4, 0.5) is 0 Å². The van der Waals surface area contributed by atoms with E-state index in [4.69, 9.17) is 11.6 Å². The topological polar surface area (TPSA) is 30.7 Å². The van der Waals surface area contributed by atoms with Crippen molar-refractivity contribution >= 4 is 11.6 Å². The Balaban J connectivity index is 2.54. The van der Waals surface area contributed by atoms with Crippen LogP contribution in [0.25, 0.3) is 11.4 Å².